The minimum Gasteiger partial charge on any atom is -0.389 e. The number of fused-ring (bicyclic) bond motifs is 4. The Morgan fingerprint density at radius 1 is 1.21 bits per heavy atom. The van der Waals surface area contributed by atoms with Crippen molar-refractivity contribution in [2.24, 2.45) is 0 Å². The predicted molar refractivity (Wildman–Crippen MR) is 117 cm³/mol. The molecule has 0 spiro atoms. The number of aromatic nitrogens is 4. The van der Waals surface area contributed by atoms with Crippen molar-refractivity contribution in [3.05, 3.63) is 46.8 Å². The fourth-order valence-electron chi connectivity index (χ4n) is 5.70. The van der Waals surface area contributed by atoms with E-state index in [0.717, 1.165) is 29.7 Å². The molecule has 0 bridgehead atoms. The van der Waals surface area contributed by atoms with Gasteiger partial charge in [0, 0.05) is 24.7 Å². The molecule has 1 N–H and O–H groups in total. The fraction of sp³-hybridized carbons (Fsp3) is 0.522. The molecule has 0 saturated carbocycles. The lowest BCUT2D eigenvalue weighted by atomic mass is 9.95. The number of aliphatic hydroxyl groups excluding tert-OH is 1. The highest BCUT2D eigenvalue weighted by molar-refractivity contribution is 5.75. The summed E-state index contributed by atoms with van der Waals surface area (Å²) in [6, 6.07) is 5.94. The van der Waals surface area contributed by atoms with E-state index in [4.69, 9.17) is 9.84 Å². The average molecular weight is 452 g/mol. The maximum atomic E-state index is 14.7. The number of hydrogen-bond acceptors (Lipinski definition) is 7. The minimum absolute atomic E-state index is 0.00225. The van der Waals surface area contributed by atoms with E-state index in [1.807, 2.05) is 6.07 Å². The Balaban J connectivity index is 1.36. The van der Waals surface area contributed by atoms with Crippen LogP contribution in [0.5, 0.6) is 0 Å². The van der Waals surface area contributed by atoms with Crippen molar-refractivity contribution in [1.82, 2.24) is 24.3 Å². The minimum atomic E-state index is -0.468. The molecule has 1 fully saturated rings. The second-order valence-electron chi connectivity index (χ2n) is 9.41. The number of rotatable bonds is 2. The summed E-state index contributed by atoms with van der Waals surface area (Å²) >= 11 is 0. The van der Waals surface area contributed by atoms with Gasteiger partial charge in [-0.25, -0.2) is 8.91 Å². The Bertz CT molecular complexity index is 1280. The highest BCUT2D eigenvalue weighted by atomic mass is 19.1. The number of ether oxygens (including phenoxy) is 1. The summed E-state index contributed by atoms with van der Waals surface area (Å²) < 4.78 is 23.7. The number of nitriles is 1. The van der Waals surface area contributed by atoms with E-state index in [1.54, 1.807) is 6.07 Å². The number of aliphatic hydroxyl groups is 1. The molecule has 3 aliphatic heterocycles. The third-order valence-corrected chi connectivity index (χ3v) is 7.34. The van der Waals surface area contributed by atoms with Crippen LogP contribution < -0.4 is 4.90 Å². The Morgan fingerprint density at radius 2 is 2.06 bits per heavy atom. The molecule has 0 radical (unpaired) electrons. The number of nitrogens with zero attached hydrogens (tertiary/aromatic N) is 7. The van der Waals surface area contributed by atoms with Crippen LogP contribution in [0.4, 0.5) is 10.1 Å². The van der Waals surface area contributed by atoms with Crippen LogP contribution in [-0.4, -0.2) is 67.3 Å². The summed E-state index contributed by atoms with van der Waals surface area (Å²) in [5, 5.41) is 28.8. The second-order valence-corrected chi connectivity index (χ2v) is 9.41. The zero-order chi connectivity index (χ0) is 22.9. The number of halogens is 1. The molecular weight excluding hydrogens is 425 g/mol. The number of anilines is 1. The molecular formula is C23H26FN7O2. The molecule has 172 valence electrons. The van der Waals surface area contributed by atoms with Crippen LogP contribution in [0, 0.1) is 17.1 Å². The van der Waals surface area contributed by atoms with Crippen LogP contribution in [0.2, 0.25) is 0 Å². The van der Waals surface area contributed by atoms with Gasteiger partial charge in [-0.15, -0.1) is 0 Å². The molecule has 33 heavy (non-hydrogen) atoms. The van der Waals surface area contributed by atoms with Crippen LogP contribution in [-0.2, 0) is 24.2 Å². The lowest BCUT2D eigenvalue weighted by Gasteiger charge is -2.38. The van der Waals surface area contributed by atoms with Crippen LogP contribution >= 0.6 is 0 Å². The number of hydrogen-bond donors (Lipinski definition) is 1. The summed E-state index contributed by atoms with van der Waals surface area (Å²) in [4.78, 5) is 4.47. The van der Waals surface area contributed by atoms with E-state index in [-0.39, 0.29) is 18.1 Å². The molecule has 6 heterocycles. The van der Waals surface area contributed by atoms with Gasteiger partial charge >= 0.3 is 0 Å². The molecule has 0 amide bonds. The van der Waals surface area contributed by atoms with Crippen molar-refractivity contribution in [2.45, 2.75) is 57.6 Å². The maximum Gasteiger partial charge on any atom is 0.171 e. The lowest BCUT2D eigenvalue weighted by molar-refractivity contribution is 0.0460. The lowest BCUT2D eigenvalue weighted by Crippen LogP contribution is -2.50. The predicted octanol–water partition coefficient (Wildman–Crippen LogP) is 1.63. The Morgan fingerprint density at radius 3 is 2.82 bits per heavy atom. The van der Waals surface area contributed by atoms with E-state index in [1.165, 1.54) is 10.1 Å². The SMILES string of the molecule is C[C@@H]1CN(c2ccc(C#N)n3ncc(F)c23)Cc2c3c(nn21)CN([C@@H]1COC[C@H]1O)[C@@H](C)C3. The monoisotopic (exact) mass is 451 g/mol. The molecule has 3 aromatic heterocycles. The summed E-state index contributed by atoms with van der Waals surface area (Å²) in [5.74, 6) is -0.433. The first-order valence-electron chi connectivity index (χ1n) is 11.4. The first-order valence-corrected chi connectivity index (χ1v) is 11.4. The molecule has 10 heteroatoms. The van der Waals surface area contributed by atoms with Gasteiger partial charge in [0.2, 0.25) is 0 Å². The molecule has 1 saturated heterocycles. The normalized spacial score (nSPS) is 27.5. The van der Waals surface area contributed by atoms with Crippen molar-refractivity contribution >= 4 is 11.2 Å². The van der Waals surface area contributed by atoms with Gasteiger partial charge in [0.1, 0.15) is 17.3 Å². The van der Waals surface area contributed by atoms with Crippen LogP contribution in [0.25, 0.3) is 5.52 Å². The van der Waals surface area contributed by atoms with Gasteiger partial charge in [0.15, 0.2) is 5.82 Å². The summed E-state index contributed by atoms with van der Waals surface area (Å²) in [7, 11) is 0. The van der Waals surface area contributed by atoms with Gasteiger partial charge in [-0.05, 0) is 32.4 Å². The molecule has 9 nitrogen and oxygen atoms in total. The molecule has 4 atom stereocenters. The molecule has 0 aromatic carbocycles. The highest BCUT2D eigenvalue weighted by Gasteiger charge is 2.40. The highest BCUT2D eigenvalue weighted by Crippen LogP contribution is 2.36. The molecule has 3 aromatic rings. The van der Waals surface area contributed by atoms with Crippen molar-refractivity contribution in [1.29, 1.82) is 5.26 Å². The van der Waals surface area contributed by atoms with Crippen LogP contribution in [0.1, 0.15) is 42.5 Å². The van der Waals surface area contributed by atoms with Gasteiger partial charge in [-0.2, -0.15) is 15.5 Å². The Kier molecular flexibility index (Phi) is 4.69. The van der Waals surface area contributed by atoms with Crippen LogP contribution in [0.15, 0.2) is 18.3 Å². The van der Waals surface area contributed by atoms with Gasteiger partial charge in [-0.3, -0.25) is 9.58 Å². The van der Waals surface area contributed by atoms with Gasteiger partial charge in [0.25, 0.3) is 0 Å². The van der Waals surface area contributed by atoms with Crippen molar-refractivity contribution in [3.8, 4) is 6.07 Å². The van der Waals surface area contributed by atoms with Crippen LogP contribution in [0.3, 0.4) is 0 Å². The maximum absolute atomic E-state index is 14.7. The zero-order valence-electron chi connectivity index (χ0n) is 18.6. The van der Waals surface area contributed by atoms with Gasteiger partial charge in [0.05, 0.1) is 61.2 Å². The molecule has 6 rings (SSSR count). The second kappa shape index (κ2) is 7.52. The standard InChI is InChI=1S/C23H26FN7O2/c1-13-5-16-18(9-29(13)21-11-33-12-22(21)32)27-30-14(2)8-28(10-20(16)30)19-4-3-15(6-25)31-23(19)17(24)7-26-31/h3-4,7,13-14,21-22,32H,5,8-12H2,1-2H3/t13-,14+,21+,22+/m0/s1. The fourth-order valence-corrected chi connectivity index (χ4v) is 5.70. The topological polar surface area (TPSA) is 94.9 Å². The molecule has 0 unspecified atom stereocenters. The summed E-state index contributed by atoms with van der Waals surface area (Å²) in [6.45, 7) is 7.22. The van der Waals surface area contributed by atoms with E-state index < -0.39 is 11.9 Å². The van der Waals surface area contributed by atoms with Gasteiger partial charge in [-0.1, -0.05) is 0 Å². The zero-order valence-corrected chi connectivity index (χ0v) is 18.6. The summed E-state index contributed by atoms with van der Waals surface area (Å²) in [5.41, 5.74) is 4.82. The van der Waals surface area contributed by atoms with Gasteiger partial charge < -0.3 is 14.7 Å². The quantitative estimate of drug-likeness (QED) is 0.633. The van der Waals surface area contributed by atoms with E-state index >= 15 is 0 Å². The molecule has 3 aliphatic rings. The van der Waals surface area contributed by atoms with E-state index in [2.05, 4.69) is 39.5 Å². The Hall–Kier alpha value is -3.00. The molecule has 0 aliphatic carbocycles. The third-order valence-electron chi connectivity index (χ3n) is 7.34. The smallest absolute Gasteiger partial charge is 0.171 e. The first-order chi connectivity index (χ1) is 16.0. The average Bonchev–Trinajstić information content (AvgIpc) is 3.50. The van der Waals surface area contributed by atoms with Crippen molar-refractivity contribution < 1.29 is 14.2 Å². The summed E-state index contributed by atoms with van der Waals surface area (Å²) in [6.07, 6.45) is 1.54. The van der Waals surface area contributed by atoms with E-state index in [0.29, 0.717) is 44.1 Å². The number of pyridine rings is 1. The Labute approximate surface area is 190 Å². The largest absolute Gasteiger partial charge is 0.389 e. The van der Waals surface area contributed by atoms with Crippen molar-refractivity contribution in [3.63, 3.8) is 0 Å². The third kappa shape index (κ3) is 3.07. The van der Waals surface area contributed by atoms with Crippen molar-refractivity contribution in [2.75, 3.05) is 24.7 Å². The first kappa shape index (κ1) is 20.6. The van der Waals surface area contributed by atoms with E-state index in [9.17, 15) is 14.8 Å².